The Labute approximate surface area is 98.2 Å². The highest BCUT2D eigenvalue weighted by Gasteiger charge is 3.02. The van der Waals surface area contributed by atoms with Gasteiger partial charge >= 0.3 is 0 Å². The molecule has 0 aliphatic heterocycles. The fraction of sp³-hybridized carbons (Fsp3) is 1.00. The van der Waals surface area contributed by atoms with Gasteiger partial charge in [0.25, 0.3) is 0 Å². The van der Waals surface area contributed by atoms with E-state index in [1.807, 2.05) is 0 Å². The summed E-state index contributed by atoms with van der Waals surface area (Å²) in [5.41, 5.74) is 3.11. The Morgan fingerprint density at radius 1 is 0.625 bits per heavy atom. The summed E-state index contributed by atoms with van der Waals surface area (Å²) in [5.74, 6) is 6.92. The average Bonchev–Trinajstić information content (AvgIpc) is 2.22. The van der Waals surface area contributed by atoms with Gasteiger partial charge in [0, 0.05) is 0 Å². The molecule has 0 aromatic heterocycles. The van der Waals surface area contributed by atoms with E-state index in [1.54, 1.807) is 12.8 Å². The molecule has 86 valence electrons. The maximum absolute atomic E-state index is 2.69. The lowest BCUT2D eigenvalue weighted by molar-refractivity contribution is -0.595. The third-order valence-electron chi connectivity index (χ3n) is 10.5. The molecule has 0 bridgehead atoms. The number of hydrogen-bond acceptors (Lipinski definition) is 0. The highest BCUT2D eigenvalue weighted by atomic mass is 15.1. The summed E-state index contributed by atoms with van der Waals surface area (Å²) < 4.78 is 0. The molecule has 0 radical (unpaired) electrons. The van der Waals surface area contributed by atoms with Gasteiger partial charge in [-0.15, -0.1) is 0 Å². The van der Waals surface area contributed by atoms with Crippen molar-refractivity contribution in [1.82, 2.24) is 0 Å². The quantitative estimate of drug-likeness (QED) is 0.578. The summed E-state index contributed by atoms with van der Waals surface area (Å²) in [7, 11) is 0. The summed E-state index contributed by atoms with van der Waals surface area (Å²) in [6.45, 7) is 10.7. The minimum Gasteiger partial charge on any atom is -0.0585 e. The van der Waals surface area contributed by atoms with Crippen LogP contribution in [0.25, 0.3) is 0 Å². The van der Waals surface area contributed by atoms with Crippen LogP contribution >= 0.6 is 0 Å². The van der Waals surface area contributed by atoms with Gasteiger partial charge in [-0.2, -0.15) is 0 Å². The zero-order valence-corrected chi connectivity index (χ0v) is 10.9. The van der Waals surface area contributed by atoms with Gasteiger partial charge in [0.15, 0.2) is 0 Å². The van der Waals surface area contributed by atoms with Crippen LogP contribution in [0.4, 0.5) is 0 Å². The number of rotatable bonds is 0. The van der Waals surface area contributed by atoms with Crippen molar-refractivity contribution in [2.75, 3.05) is 0 Å². The molecular formula is C16H22. The third-order valence-corrected chi connectivity index (χ3v) is 10.5. The van der Waals surface area contributed by atoms with E-state index in [4.69, 9.17) is 0 Å². The smallest absolute Gasteiger partial charge is 0.0170 e. The molecule has 0 N–H and O–H groups in total. The second kappa shape index (κ2) is 1.52. The molecule has 0 spiro atoms. The van der Waals surface area contributed by atoms with E-state index in [0.717, 1.165) is 57.2 Å². The Bertz CT molecular complexity index is 436. The van der Waals surface area contributed by atoms with Crippen LogP contribution in [-0.4, -0.2) is 0 Å². The van der Waals surface area contributed by atoms with Crippen molar-refractivity contribution in [1.29, 1.82) is 0 Å². The van der Waals surface area contributed by atoms with E-state index in [1.165, 1.54) is 0 Å². The summed E-state index contributed by atoms with van der Waals surface area (Å²) >= 11 is 0. The Morgan fingerprint density at radius 3 is 1.38 bits per heavy atom. The highest BCUT2D eigenvalue weighted by molar-refractivity contribution is 5.49. The first-order chi connectivity index (χ1) is 7.45. The predicted octanol–water partition coefficient (Wildman–Crippen LogP) is 3.57. The topological polar surface area (TPSA) is 0 Å². The monoisotopic (exact) mass is 214 g/mol. The zero-order valence-electron chi connectivity index (χ0n) is 10.9. The van der Waals surface area contributed by atoms with E-state index in [-0.39, 0.29) is 0 Å². The lowest BCUT2D eigenvalue weighted by atomic mass is 8.98. The van der Waals surface area contributed by atoms with Crippen molar-refractivity contribution in [3.63, 3.8) is 0 Å². The van der Waals surface area contributed by atoms with Crippen molar-refractivity contribution in [2.45, 2.75) is 40.5 Å². The van der Waals surface area contributed by atoms with Crippen LogP contribution in [0.2, 0.25) is 0 Å². The Hall–Kier alpha value is 0. The van der Waals surface area contributed by atoms with Gasteiger partial charge in [-0.25, -0.2) is 0 Å². The molecule has 10 atom stereocenters. The van der Waals surface area contributed by atoms with Gasteiger partial charge in [-0.05, 0) is 70.0 Å². The van der Waals surface area contributed by atoms with E-state index >= 15 is 0 Å². The third kappa shape index (κ3) is 0.313. The molecule has 0 nitrogen and oxygen atoms in total. The van der Waals surface area contributed by atoms with Crippen molar-refractivity contribution in [3.05, 3.63) is 0 Å². The number of fused-ring (bicyclic) bond motifs is 4. The van der Waals surface area contributed by atoms with Crippen LogP contribution in [0.5, 0.6) is 0 Å². The van der Waals surface area contributed by atoms with Gasteiger partial charge < -0.3 is 0 Å². The first-order valence-corrected chi connectivity index (χ1v) is 7.45. The molecule has 0 heteroatoms. The van der Waals surface area contributed by atoms with Crippen molar-refractivity contribution >= 4 is 0 Å². The van der Waals surface area contributed by atoms with Gasteiger partial charge in [-0.3, -0.25) is 0 Å². The average molecular weight is 214 g/mol. The summed E-state index contributed by atoms with van der Waals surface area (Å²) in [4.78, 5) is 0. The fourth-order valence-electron chi connectivity index (χ4n) is 9.76. The molecule has 0 saturated heterocycles. The maximum atomic E-state index is 2.69. The largest absolute Gasteiger partial charge is 0.0585 e. The molecule has 0 amide bonds. The second-order valence-corrected chi connectivity index (χ2v) is 8.92. The molecule has 0 aromatic rings. The normalized spacial score (nSPS) is 92.2. The van der Waals surface area contributed by atoms with Crippen LogP contribution in [-0.2, 0) is 0 Å². The molecule has 16 heavy (non-hydrogen) atoms. The molecule has 6 aliphatic carbocycles. The summed E-state index contributed by atoms with van der Waals surface area (Å²) in [6, 6.07) is 0. The van der Waals surface area contributed by atoms with Crippen molar-refractivity contribution in [2.24, 2.45) is 57.2 Å². The molecule has 0 aromatic carbocycles. The molecule has 6 aliphatic rings. The van der Waals surface area contributed by atoms with E-state index < -0.39 is 0 Å². The van der Waals surface area contributed by atoms with Crippen LogP contribution in [0.3, 0.4) is 0 Å². The van der Waals surface area contributed by atoms with E-state index in [2.05, 4.69) is 27.7 Å². The lowest BCUT2D eigenvalue weighted by Crippen LogP contribution is -3.02. The van der Waals surface area contributed by atoms with E-state index in [9.17, 15) is 0 Å². The molecule has 10 unspecified atom stereocenters. The van der Waals surface area contributed by atoms with Gasteiger partial charge in [0.2, 0.25) is 0 Å². The molecule has 0 heterocycles. The highest BCUT2D eigenvalue weighted by Crippen LogP contribution is 3.06. The summed E-state index contributed by atoms with van der Waals surface area (Å²) in [6.07, 6.45) is 3.24. The van der Waals surface area contributed by atoms with Gasteiger partial charge in [0.1, 0.15) is 0 Å². The van der Waals surface area contributed by atoms with Crippen molar-refractivity contribution < 1.29 is 0 Å². The number of hydrogen-bond donors (Lipinski definition) is 0. The second-order valence-electron chi connectivity index (χ2n) is 8.92. The predicted molar refractivity (Wildman–Crippen MR) is 62.6 cm³/mol. The lowest BCUT2D eigenvalue weighted by Gasteiger charge is -3.06. The minimum absolute atomic E-state index is 0.764. The molecule has 6 rings (SSSR count). The first kappa shape index (κ1) is 8.16. The molecule has 6 saturated carbocycles. The van der Waals surface area contributed by atoms with Crippen LogP contribution in [0.1, 0.15) is 40.5 Å². The molecular weight excluding hydrogens is 192 g/mol. The Morgan fingerprint density at radius 2 is 1.00 bits per heavy atom. The fourth-order valence-corrected chi connectivity index (χ4v) is 9.76. The maximum Gasteiger partial charge on any atom is -0.0170 e. The van der Waals surface area contributed by atoms with Crippen LogP contribution in [0.15, 0.2) is 0 Å². The standard InChI is InChI=1S/C16H22/c1-13-7-5-9(13)11-12-10-6-8(7)14(10,2)16(12,4)15(11,13)3/h7-12H,5-6H2,1-4H3. The van der Waals surface area contributed by atoms with Gasteiger partial charge in [0.05, 0.1) is 0 Å². The van der Waals surface area contributed by atoms with Crippen LogP contribution < -0.4 is 0 Å². The SMILES string of the molecule is CC12C3CC1C1C4C5CC3C5(C)C4(C)C12C. The summed E-state index contributed by atoms with van der Waals surface area (Å²) in [5, 5.41) is 0. The molecule has 6 fully saturated rings. The van der Waals surface area contributed by atoms with E-state index in [0.29, 0.717) is 0 Å². The first-order valence-electron chi connectivity index (χ1n) is 7.45. The van der Waals surface area contributed by atoms with Crippen molar-refractivity contribution in [3.8, 4) is 0 Å². The van der Waals surface area contributed by atoms with Gasteiger partial charge in [-0.1, -0.05) is 27.7 Å². The zero-order chi connectivity index (χ0) is 10.9. The van der Waals surface area contributed by atoms with Crippen LogP contribution in [0, 0.1) is 57.2 Å². The Balaban J connectivity index is 1.71. The minimum atomic E-state index is 0.764. The Kier molecular flexibility index (Phi) is 0.775.